The minimum atomic E-state index is -2.44. The molecular weight excluding hydrogens is 424 g/mol. The van der Waals surface area contributed by atoms with E-state index in [0.29, 0.717) is 12.3 Å². The van der Waals surface area contributed by atoms with Gasteiger partial charge in [-0.2, -0.15) is 0 Å². The van der Waals surface area contributed by atoms with Crippen molar-refractivity contribution in [1.82, 2.24) is 0 Å². The van der Waals surface area contributed by atoms with Crippen LogP contribution in [0.1, 0.15) is 73.6 Å². The lowest BCUT2D eigenvalue weighted by Crippen LogP contribution is -2.66. The van der Waals surface area contributed by atoms with Crippen LogP contribution in [0.25, 0.3) is 0 Å². The Hall–Kier alpha value is -1.91. The lowest BCUT2D eigenvalue weighted by molar-refractivity contribution is -0.154. The Morgan fingerprint density at radius 1 is 0.848 bits per heavy atom. The number of benzene rings is 2. The molecule has 1 fully saturated rings. The van der Waals surface area contributed by atoms with Crippen LogP contribution in [0, 0.1) is 11.8 Å². The second kappa shape index (κ2) is 10.6. The second-order valence-electron chi connectivity index (χ2n) is 11.6. The lowest BCUT2D eigenvalue weighted by Gasteiger charge is -2.43. The standard InChI is InChI=1S/C29H42O3Si/c1-28(2,3)32-27(30)20-14-13-15-23-21-24(23)22-31-33(29(4,5)6,25-16-9-7-10-17-25)26-18-11-8-12-19-26/h7-12,16-19,23-24H,13-15,20-22H2,1-6H3/t23-,24-/m1/s1. The zero-order chi connectivity index (χ0) is 24.1. The van der Waals surface area contributed by atoms with Gasteiger partial charge in [0.25, 0.3) is 8.32 Å². The minimum absolute atomic E-state index is 0.0213. The van der Waals surface area contributed by atoms with Crippen molar-refractivity contribution >= 4 is 24.7 Å². The number of carbonyl (C=O) groups excluding carboxylic acids is 1. The van der Waals surface area contributed by atoms with E-state index in [-0.39, 0.29) is 11.0 Å². The van der Waals surface area contributed by atoms with E-state index in [4.69, 9.17) is 9.16 Å². The Labute approximate surface area is 202 Å². The van der Waals surface area contributed by atoms with Crippen LogP contribution < -0.4 is 10.4 Å². The van der Waals surface area contributed by atoms with Crippen LogP contribution in [0.15, 0.2) is 60.7 Å². The van der Waals surface area contributed by atoms with Gasteiger partial charge in [0, 0.05) is 13.0 Å². The summed E-state index contributed by atoms with van der Waals surface area (Å²) in [6.45, 7) is 13.6. The molecule has 0 amide bonds. The largest absolute Gasteiger partial charge is 0.460 e. The molecule has 2 aromatic rings. The summed E-state index contributed by atoms with van der Waals surface area (Å²) in [5, 5.41) is 2.71. The van der Waals surface area contributed by atoms with E-state index in [2.05, 4.69) is 81.4 Å². The smallest absolute Gasteiger partial charge is 0.306 e. The van der Waals surface area contributed by atoms with Gasteiger partial charge in [-0.1, -0.05) is 94.3 Å². The first kappa shape index (κ1) is 25.7. The van der Waals surface area contributed by atoms with Crippen LogP contribution in [0.4, 0.5) is 0 Å². The molecule has 0 N–H and O–H groups in total. The maximum absolute atomic E-state index is 11.9. The highest BCUT2D eigenvalue weighted by atomic mass is 28.4. The van der Waals surface area contributed by atoms with E-state index in [1.54, 1.807) is 0 Å². The molecule has 0 spiro atoms. The van der Waals surface area contributed by atoms with Gasteiger partial charge in [0.15, 0.2) is 0 Å². The van der Waals surface area contributed by atoms with Gasteiger partial charge in [-0.3, -0.25) is 4.79 Å². The maximum atomic E-state index is 11.9. The van der Waals surface area contributed by atoms with E-state index in [1.807, 2.05) is 20.8 Å². The number of esters is 1. The molecule has 1 aliphatic carbocycles. The molecule has 3 nitrogen and oxygen atoms in total. The number of hydrogen-bond acceptors (Lipinski definition) is 3. The maximum Gasteiger partial charge on any atom is 0.306 e. The average Bonchev–Trinajstić information content (AvgIpc) is 3.49. The van der Waals surface area contributed by atoms with Gasteiger partial charge < -0.3 is 9.16 Å². The third-order valence-electron chi connectivity index (χ3n) is 6.63. The van der Waals surface area contributed by atoms with E-state index >= 15 is 0 Å². The predicted molar refractivity (Wildman–Crippen MR) is 139 cm³/mol. The van der Waals surface area contributed by atoms with Crippen molar-refractivity contribution in [3.63, 3.8) is 0 Å². The molecule has 0 aliphatic heterocycles. The molecule has 0 aromatic heterocycles. The third kappa shape index (κ3) is 6.80. The first-order chi connectivity index (χ1) is 15.5. The summed E-state index contributed by atoms with van der Waals surface area (Å²) < 4.78 is 12.5. The second-order valence-corrected chi connectivity index (χ2v) is 15.9. The highest BCUT2D eigenvalue weighted by molar-refractivity contribution is 6.99. The molecule has 3 rings (SSSR count). The number of rotatable bonds is 10. The Morgan fingerprint density at radius 2 is 1.39 bits per heavy atom. The minimum Gasteiger partial charge on any atom is -0.460 e. The fourth-order valence-corrected chi connectivity index (χ4v) is 9.55. The molecule has 2 atom stereocenters. The zero-order valence-electron chi connectivity index (χ0n) is 21.4. The first-order valence-corrected chi connectivity index (χ1v) is 14.4. The summed E-state index contributed by atoms with van der Waals surface area (Å²) in [5.41, 5.74) is -0.392. The van der Waals surface area contributed by atoms with Crippen LogP contribution in [-0.2, 0) is 14.0 Å². The van der Waals surface area contributed by atoms with Gasteiger partial charge in [0.05, 0.1) is 0 Å². The fraction of sp³-hybridized carbons (Fsp3) is 0.552. The Balaban J connectivity index is 1.60. The average molecular weight is 467 g/mol. The monoisotopic (exact) mass is 466 g/mol. The van der Waals surface area contributed by atoms with Crippen LogP contribution in [0.2, 0.25) is 5.04 Å². The van der Waals surface area contributed by atoms with Gasteiger partial charge >= 0.3 is 5.97 Å². The van der Waals surface area contributed by atoms with Gasteiger partial charge in [-0.25, -0.2) is 0 Å². The number of hydrogen-bond donors (Lipinski definition) is 0. The van der Waals surface area contributed by atoms with Crippen LogP contribution in [0.3, 0.4) is 0 Å². The zero-order valence-corrected chi connectivity index (χ0v) is 22.4. The number of ether oxygens (including phenoxy) is 1. The van der Waals surface area contributed by atoms with Crippen LogP contribution in [0.5, 0.6) is 0 Å². The summed E-state index contributed by atoms with van der Waals surface area (Å²) in [5.74, 6) is 1.28. The van der Waals surface area contributed by atoms with Gasteiger partial charge in [0.1, 0.15) is 5.60 Å². The molecule has 1 saturated carbocycles. The summed E-state index contributed by atoms with van der Waals surface area (Å²) in [6.07, 6.45) is 4.93. The van der Waals surface area contributed by atoms with Crippen molar-refractivity contribution in [3.8, 4) is 0 Å². The molecule has 0 radical (unpaired) electrons. The Kier molecular flexibility index (Phi) is 8.23. The quantitative estimate of drug-likeness (QED) is 0.241. The molecule has 1 aliphatic rings. The molecule has 0 saturated heterocycles. The van der Waals surface area contributed by atoms with E-state index in [9.17, 15) is 4.79 Å². The first-order valence-electron chi connectivity index (χ1n) is 12.5. The lowest BCUT2D eigenvalue weighted by atomic mass is 10.1. The fourth-order valence-electron chi connectivity index (χ4n) is 4.93. The van der Waals surface area contributed by atoms with Crippen LogP contribution in [-0.4, -0.2) is 26.5 Å². The van der Waals surface area contributed by atoms with Crippen molar-refractivity contribution in [1.29, 1.82) is 0 Å². The molecule has 2 aromatic carbocycles. The molecular formula is C29H42O3Si. The topological polar surface area (TPSA) is 35.5 Å². The van der Waals surface area contributed by atoms with Crippen LogP contribution >= 0.6 is 0 Å². The molecule has 180 valence electrons. The van der Waals surface area contributed by atoms with Crippen molar-refractivity contribution in [3.05, 3.63) is 60.7 Å². The van der Waals surface area contributed by atoms with Gasteiger partial charge in [-0.15, -0.1) is 0 Å². The number of unbranched alkanes of at least 4 members (excludes halogenated alkanes) is 1. The van der Waals surface area contributed by atoms with Gasteiger partial charge in [-0.05, 0) is 60.9 Å². The summed E-state index contributed by atoms with van der Waals surface area (Å²) >= 11 is 0. The molecule has 0 bridgehead atoms. The molecule has 4 heteroatoms. The summed E-state index contributed by atoms with van der Waals surface area (Å²) in [4.78, 5) is 11.9. The van der Waals surface area contributed by atoms with E-state index in [1.165, 1.54) is 23.2 Å². The third-order valence-corrected chi connectivity index (χ3v) is 11.6. The molecule has 0 heterocycles. The van der Waals surface area contributed by atoms with Crippen molar-refractivity contribution in [2.75, 3.05) is 6.61 Å². The summed E-state index contributed by atoms with van der Waals surface area (Å²) in [7, 11) is -2.44. The van der Waals surface area contributed by atoms with Gasteiger partial charge in [0.2, 0.25) is 0 Å². The Bertz CT molecular complexity index is 841. The highest BCUT2D eigenvalue weighted by Crippen LogP contribution is 2.45. The molecule has 33 heavy (non-hydrogen) atoms. The van der Waals surface area contributed by atoms with Crippen molar-refractivity contribution in [2.24, 2.45) is 11.8 Å². The SMILES string of the molecule is CC(C)(C)OC(=O)CCCC[C@@H]1C[C@@H]1CO[Si](c1ccccc1)(c1ccccc1)C(C)(C)C. The van der Waals surface area contributed by atoms with Crippen molar-refractivity contribution in [2.45, 2.75) is 84.3 Å². The van der Waals surface area contributed by atoms with Crippen molar-refractivity contribution < 1.29 is 14.0 Å². The highest BCUT2D eigenvalue weighted by Gasteiger charge is 2.51. The normalized spacial score (nSPS) is 18.7. The Morgan fingerprint density at radius 3 is 1.88 bits per heavy atom. The van der Waals surface area contributed by atoms with E-state index < -0.39 is 13.9 Å². The predicted octanol–water partition coefficient (Wildman–Crippen LogP) is 6.10. The number of carbonyl (C=O) groups is 1. The molecule has 0 unspecified atom stereocenters. The summed E-state index contributed by atoms with van der Waals surface area (Å²) in [6, 6.07) is 21.8. The van der Waals surface area contributed by atoms with E-state index in [0.717, 1.165) is 25.4 Å².